The second-order valence-electron chi connectivity index (χ2n) is 6.46. The third-order valence-electron chi connectivity index (χ3n) is 4.67. The number of nitrogens with one attached hydrogen (secondary N) is 1. The van der Waals surface area contributed by atoms with Gasteiger partial charge < -0.3 is 10.2 Å². The van der Waals surface area contributed by atoms with E-state index in [0.29, 0.717) is 37.1 Å². The lowest BCUT2D eigenvalue weighted by Crippen LogP contribution is -2.46. The zero-order chi connectivity index (χ0) is 18.4. The predicted molar refractivity (Wildman–Crippen MR) is 96.0 cm³/mol. The van der Waals surface area contributed by atoms with Crippen molar-refractivity contribution in [1.29, 1.82) is 0 Å². The molecule has 5 nitrogen and oxygen atoms in total. The minimum Gasteiger partial charge on any atom is -0.349 e. The highest BCUT2D eigenvalue weighted by Gasteiger charge is 2.24. The maximum absolute atomic E-state index is 13.6. The lowest BCUT2D eigenvalue weighted by atomic mass is 10.0. The van der Waals surface area contributed by atoms with Gasteiger partial charge in [-0.25, -0.2) is 4.39 Å². The molecule has 1 aliphatic heterocycles. The van der Waals surface area contributed by atoms with Crippen molar-refractivity contribution in [2.75, 3.05) is 13.1 Å². The molecule has 0 saturated carbocycles. The Kier molecular flexibility index (Phi) is 5.94. The molecule has 1 saturated heterocycles. The summed E-state index contributed by atoms with van der Waals surface area (Å²) in [6.45, 7) is 1.21. The number of hydrogen-bond acceptors (Lipinski definition) is 3. The van der Waals surface area contributed by atoms with Gasteiger partial charge in [-0.2, -0.15) is 0 Å². The molecule has 3 rings (SSSR count). The van der Waals surface area contributed by atoms with Gasteiger partial charge in [-0.1, -0.05) is 18.2 Å². The molecule has 0 aliphatic carbocycles. The normalized spacial score (nSPS) is 14.9. The maximum Gasteiger partial charge on any atom is 0.253 e. The van der Waals surface area contributed by atoms with Crippen molar-refractivity contribution in [2.45, 2.75) is 31.7 Å². The van der Waals surface area contributed by atoms with Crippen LogP contribution in [0.25, 0.3) is 0 Å². The summed E-state index contributed by atoms with van der Waals surface area (Å²) in [4.78, 5) is 30.2. The van der Waals surface area contributed by atoms with Crippen LogP contribution in [-0.2, 0) is 11.2 Å². The van der Waals surface area contributed by atoms with Gasteiger partial charge in [-0.3, -0.25) is 14.6 Å². The van der Waals surface area contributed by atoms with E-state index < -0.39 is 0 Å². The minimum atomic E-state index is -0.267. The lowest BCUT2D eigenvalue weighted by molar-refractivity contribution is -0.132. The first-order valence-electron chi connectivity index (χ1n) is 8.85. The van der Waals surface area contributed by atoms with Gasteiger partial charge in [-0.05, 0) is 43.0 Å². The molecule has 0 unspecified atom stereocenters. The van der Waals surface area contributed by atoms with E-state index in [1.807, 2.05) is 0 Å². The van der Waals surface area contributed by atoms with Gasteiger partial charge in [0.15, 0.2) is 0 Å². The number of aryl methyl sites for hydroxylation is 1. The third kappa shape index (κ3) is 4.65. The van der Waals surface area contributed by atoms with Crippen LogP contribution < -0.4 is 5.32 Å². The number of nitrogens with zero attached hydrogens (tertiary/aromatic N) is 2. The van der Waals surface area contributed by atoms with Gasteiger partial charge >= 0.3 is 0 Å². The van der Waals surface area contributed by atoms with E-state index in [9.17, 15) is 14.0 Å². The highest BCUT2D eigenvalue weighted by molar-refractivity contribution is 5.94. The van der Waals surface area contributed by atoms with Crippen LogP contribution in [0.4, 0.5) is 4.39 Å². The van der Waals surface area contributed by atoms with Crippen molar-refractivity contribution < 1.29 is 14.0 Å². The topological polar surface area (TPSA) is 62.3 Å². The summed E-state index contributed by atoms with van der Waals surface area (Å²) in [7, 11) is 0. The fraction of sp³-hybridized carbons (Fsp3) is 0.350. The molecule has 2 heterocycles. The molecule has 2 aromatic rings. The van der Waals surface area contributed by atoms with Crippen molar-refractivity contribution in [2.24, 2.45) is 0 Å². The molecular formula is C20H22FN3O2. The van der Waals surface area contributed by atoms with Crippen LogP contribution in [0, 0.1) is 5.82 Å². The number of piperidine rings is 1. The van der Waals surface area contributed by atoms with Gasteiger partial charge in [0.25, 0.3) is 5.91 Å². The van der Waals surface area contributed by atoms with Crippen molar-refractivity contribution in [3.05, 3.63) is 65.7 Å². The second kappa shape index (κ2) is 8.56. The molecule has 1 aromatic carbocycles. The molecule has 136 valence electrons. The molecular weight excluding hydrogens is 333 g/mol. The second-order valence-corrected chi connectivity index (χ2v) is 6.46. The van der Waals surface area contributed by atoms with E-state index in [1.54, 1.807) is 41.4 Å². The van der Waals surface area contributed by atoms with Crippen molar-refractivity contribution >= 4 is 11.8 Å². The van der Waals surface area contributed by atoms with Crippen LogP contribution in [-0.4, -0.2) is 40.8 Å². The van der Waals surface area contributed by atoms with E-state index >= 15 is 0 Å². The van der Waals surface area contributed by atoms with E-state index in [1.165, 1.54) is 12.3 Å². The van der Waals surface area contributed by atoms with E-state index in [4.69, 9.17) is 0 Å². The Balaban J connectivity index is 1.44. The number of aromatic nitrogens is 1. The van der Waals surface area contributed by atoms with Crippen LogP contribution in [0.2, 0.25) is 0 Å². The summed E-state index contributed by atoms with van der Waals surface area (Å²) in [5, 5.41) is 2.99. The average molecular weight is 355 g/mol. The SMILES string of the molecule is O=C(NC1CCN(C(=O)CCc2ccccc2F)CC1)c1cccnc1. The summed E-state index contributed by atoms with van der Waals surface area (Å²) in [6.07, 6.45) is 5.31. The minimum absolute atomic E-state index is 0.0327. The Labute approximate surface area is 152 Å². The Morgan fingerprint density at radius 1 is 1.15 bits per heavy atom. The summed E-state index contributed by atoms with van der Waals surface area (Å²) >= 11 is 0. The number of carbonyl (C=O) groups is 2. The number of amides is 2. The molecule has 0 bridgehead atoms. The van der Waals surface area contributed by atoms with Gasteiger partial charge in [-0.15, -0.1) is 0 Å². The molecule has 0 atom stereocenters. The first-order valence-corrected chi connectivity index (χ1v) is 8.85. The third-order valence-corrected chi connectivity index (χ3v) is 4.67. The van der Waals surface area contributed by atoms with Crippen molar-refractivity contribution in [1.82, 2.24) is 15.2 Å². The summed E-state index contributed by atoms with van der Waals surface area (Å²) < 4.78 is 13.6. The summed E-state index contributed by atoms with van der Waals surface area (Å²) in [5.74, 6) is -0.371. The van der Waals surface area contributed by atoms with E-state index in [0.717, 1.165) is 12.8 Å². The number of hydrogen-bond donors (Lipinski definition) is 1. The molecule has 2 amide bonds. The molecule has 1 fully saturated rings. The van der Waals surface area contributed by atoms with Gasteiger partial charge in [0, 0.05) is 37.9 Å². The summed E-state index contributed by atoms with van der Waals surface area (Å²) in [6, 6.07) is 10.1. The van der Waals surface area contributed by atoms with Crippen molar-refractivity contribution in [3.63, 3.8) is 0 Å². The van der Waals surface area contributed by atoms with Crippen LogP contribution in [0.3, 0.4) is 0 Å². The Bertz CT molecular complexity index is 759. The molecule has 1 aliphatic rings. The number of likely N-dealkylation sites (tertiary alicyclic amines) is 1. The first kappa shape index (κ1) is 18.0. The van der Waals surface area contributed by atoms with Gasteiger partial charge in [0.2, 0.25) is 5.91 Å². The zero-order valence-corrected chi connectivity index (χ0v) is 14.5. The van der Waals surface area contributed by atoms with Crippen LogP contribution in [0.5, 0.6) is 0 Å². The Morgan fingerprint density at radius 2 is 1.92 bits per heavy atom. The monoisotopic (exact) mass is 355 g/mol. The average Bonchev–Trinajstić information content (AvgIpc) is 2.68. The first-order chi connectivity index (χ1) is 12.6. The molecule has 26 heavy (non-hydrogen) atoms. The fourth-order valence-corrected chi connectivity index (χ4v) is 3.14. The van der Waals surface area contributed by atoms with Crippen LogP contribution >= 0.6 is 0 Å². The molecule has 6 heteroatoms. The smallest absolute Gasteiger partial charge is 0.253 e. The highest BCUT2D eigenvalue weighted by atomic mass is 19.1. The predicted octanol–water partition coefficient (Wildman–Crippen LogP) is 2.57. The van der Waals surface area contributed by atoms with Crippen LogP contribution in [0.1, 0.15) is 35.2 Å². The maximum atomic E-state index is 13.6. The fourth-order valence-electron chi connectivity index (χ4n) is 3.14. The zero-order valence-electron chi connectivity index (χ0n) is 14.5. The van der Waals surface area contributed by atoms with Gasteiger partial charge in [0.1, 0.15) is 5.82 Å². The largest absolute Gasteiger partial charge is 0.349 e. The number of halogens is 1. The molecule has 1 aromatic heterocycles. The van der Waals surface area contributed by atoms with Gasteiger partial charge in [0.05, 0.1) is 5.56 Å². The van der Waals surface area contributed by atoms with E-state index in [2.05, 4.69) is 10.3 Å². The standard InChI is InChI=1S/C20H22FN3O2/c21-18-6-2-1-4-15(18)7-8-19(25)24-12-9-17(10-13-24)23-20(26)16-5-3-11-22-14-16/h1-6,11,14,17H,7-10,12-13H2,(H,23,26). The molecule has 0 spiro atoms. The number of carbonyl (C=O) groups excluding carboxylic acids is 2. The van der Waals surface area contributed by atoms with Crippen LogP contribution in [0.15, 0.2) is 48.8 Å². The number of benzene rings is 1. The molecule has 0 radical (unpaired) electrons. The van der Waals surface area contributed by atoms with Crippen molar-refractivity contribution in [3.8, 4) is 0 Å². The quantitative estimate of drug-likeness (QED) is 0.897. The lowest BCUT2D eigenvalue weighted by Gasteiger charge is -2.32. The highest BCUT2D eigenvalue weighted by Crippen LogP contribution is 2.15. The molecule has 1 N–H and O–H groups in total. The Morgan fingerprint density at radius 3 is 2.62 bits per heavy atom. The summed E-state index contributed by atoms with van der Waals surface area (Å²) in [5.41, 5.74) is 1.11. The Hall–Kier alpha value is -2.76. The van der Waals surface area contributed by atoms with E-state index in [-0.39, 0.29) is 23.7 Å². The number of pyridine rings is 1. The number of rotatable bonds is 5.